The summed E-state index contributed by atoms with van der Waals surface area (Å²) in [5.41, 5.74) is 2.72. The van der Waals surface area contributed by atoms with E-state index in [2.05, 4.69) is 22.2 Å². The molecule has 1 aliphatic rings. The SMILES string of the molecule is CCCCN1CCN(C(=O)c2ccc(-c3ccsc3)nc2)CC1. The van der Waals surface area contributed by atoms with Crippen LogP contribution in [0.5, 0.6) is 0 Å². The summed E-state index contributed by atoms with van der Waals surface area (Å²) in [4.78, 5) is 21.4. The lowest BCUT2D eigenvalue weighted by Crippen LogP contribution is -2.48. The van der Waals surface area contributed by atoms with Gasteiger partial charge >= 0.3 is 0 Å². The van der Waals surface area contributed by atoms with Crippen molar-refractivity contribution in [3.8, 4) is 11.3 Å². The van der Waals surface area contributed by atoms with E-state index in [1.54, 1.807) is 17.5 Å². The third-order valence-corrected chi connectivity index (χ3v) is 5.00. The molecule has 0 aliphatic carbocycles. The summed E-state index contributed by atoms with van der Waals surface area (Å²) in [7, 11) is 0. The zero-order chi connectivity index (χ0) is 16.1. The Labute approximate surface area is 141 Å². The molecule has 3 rings (SSSR count). The first-order valence-electron chi connectivity index (χ1n) is 8.28. The van der Waals surface area contributed by atoms with Gasteiger partial charge in [-0.25, -0.2) is 0 Å². The van der Waals surface area contributed by atoms with Crippen molar-refractivity contribution < 1.29 is 4.79 Å². The summed E-state index contributed by atoms with van der Waals surface area (Å²) in [6.07, 6.45) is 4.17. The molecule has 23 heavy (non-hydrogen) atoms. The molecule has 4 nitrogen and oxygen atoms in total. The summed E-state index contributed by atoms with van der Waals surface area (Å²) < 4.78 is 0. The Morgan fingerprint density at radius 2 is 2.04 bits per heavy atom. The smallest absolute Gasteiger partial charge is 0.255 e. The van der Waals surface area contributed by atoms with Crippen LogP contribution in [-0.4, -0.2) is 53.4 Å². The molecule has 5 heteroatoms. The molecule has 2 aromatic rings. The van der Waals surface area contributed by atoms with Gasteiger partial charge in [-0.3, -0.25) is 14.7 Å². The Kier molecular flexibility index (Phi) is 5.41. The van der Waals surface area contributed by atoms with Crippen molar-refractivity contribution in [2.45, 2.75) is 19.8 Å². The first-order chi connectivity index (χ1) is 11.3. The molecule has 0 aromatic carbocycles. The monoisotopic (exact) mass is 329 g/mol. The number of amides is 1. The number of hydrogen-bond donors (Lipinski definition) is 0. The second kappa shape index (κ2) is 7.70. The average Bonchev–Trinajstić information content (AvgIpc) is 3.14. The number of pyridine rings is 1. The normalized spacial score (nSPS) is 15.8. The van der Waals surface area contributed by atoms with Crippen molar-refractivity contribution in [1.82, 2.24) is 14.8 Å². The Balaban J connectivity index is 1.58. The molecule has 1 amide bonds. The zero-order valence-corrected chi connectivity index (χ0v) is 14.4. The van der Waals surface area contributed by atoms with Gasteiger partial charge in [-0.1, -0.05) is 13.3 Å². The van der Waals surface area contributed by atoms with E-state index in [-0.39, 0.29) is 5.91 Å². The van der Waals surface area contributed by atoms with Crippen LogP contribution in [0.1, 0.15) is 30.1 Å². The predicted octanol–water partition coefficient (Wildman–Crippen LogP) is 3.37. The number of hydrogen-bond acceptors (Lipinski definition) is 4. The van der Waals surface area contributed by atoms with Gasteiger partial charge in [0.25, 0.3) is 5.91 Å². The standard InChI is InChI=1S/C18H23N3OS/c1-2-3-7-20-8-10-21(11-9-20)18(22)15-4-5-17(19-13-15)16-6-12-23-14-16/h4-6,12-14H,2-3,7-11H2,1H3. The van der Waals surface area contributed by atoms with Gasteiger partial charge in [0.05, 0.1) is 11.3 Å². The minimum atomic E-state index is 0.101. The summed E-state index contributed by atoms with van der Waals surface area (Å²) in [6, 6.07) is 5.88. The maximum absolute atomic E-state index is 12.6. The van der Waals surface area contributed by atoms with Crippen LogP contribution in [-0.2, 0) is 0 Å². The number of carbonyl (C=O) groups excluding carboxylic acids is 1. The molecule has 0 radical (unpaired) electrons. The molecule has 1 aliphatic heterocycles. The molecule has 1 saturated heterocycles. The fourth-order valence-electron chi connectivity index (χ4n) is 2.84. The molecule has 0 unspecified atom stereocenters. The van der Waals surface area contributed by atoms with Gasteiger partial charge in [-0.05, 0) is 36.5 Å². The highest BCUT2D eigenvalue weighted by Gasteiger charge is 2.21. The van der Waals surface area contributed by atoms with Gasteiger partial charge in [0.1, 0.15) is 0 Å². The maximum atomic E-state index is 12.6. The first-order valence-corrected chi connectivity index (χ1v) is 9.22. The molecule has 2 aromatic heterocycles. The maximum Gasteiger partial charge on any atom is 0.255 e. The lowest BCUT2D eigenvalue weighted by molar-refractivity contribution is 0.0635. The second-order valence-electron chi connectivity index (χ2n) is 5.93. The lowest BCUT2D eigenvalue weighted by Gasteiger charge is -2.34. The average molecular weight is 329 g/mol. The largest absolute Gasteiger partial charge is 0.336 e. The van der Waals surface area contributed by atoms with Crippen LogP contribution in [0.15, 0.2) is 35.2 Å². The molecular formula is C18H23N3OS. The number of unbranched alkanes of at least 4 members (excludes halogenated alkanes) is 1. The van der Waals surface area contributed by atoms with Crippen molar-refractivity contribution in [3.05, 3.63) is 40.7 Å². The molecule has 0 N–H and O–H groups in total. The highest BCUT2D eigenvalue weighted by atomic mass is 32.1. The molecule has 122 valence electrons. The van der Waals surface area contributed by atoms with Crippen molar-refractivity contribution in [2.24, 2.45) is 0 Å². The molecule has 0 spiro atoms. The zero-order valence-electron chi connectivity index (χ0n) is 13.6. The van der Waals surface area contributed by atoms with E-state index in [0.29, 0.717) is 5.56 Å². The molecule has 0 bridgehead atoms. The van der Waals surface area contributed by atoms with E-state index >= 15 is 0 Å². The highest BCUT2D eigenvalue weighted by Crippen LogP contribution is 2.20. The van der Waals surface area contributed by atoms with E-state index in [0.717, 1.165) is 44.0 Å². The summed E-state index contributed by atoms with van der Waals surface area (Å²) in [6.45, 7) is 6.95. The van der Waals surface area contributed by atoms with Crippen LogP contribution >= 0.6 is 11.3 Å². The molecule has 0 atom stereocenters. The van der Waals surface area contributed by atoms with Crippen LogP contribution in [0.25, 0.3) is 11.3 Å². The molecular weight excluding hydrogens is 306 g/mol. The molecule has 1 fully saturated rings. The van der Waals surface area contributed by atoms with Crippen LogP contribution < -0.4 is 0 Å². The van der Waals surface area contributed by atoms with Gasteiger partial charge in [-0.15, -0.1) is 0 Å². The number of rotatable bonds is 5. The quantitative estimate of drug-likeness (QED) is 0.844. The van der Waals surface area contributed by atoms with Crippen molar-refractivity contribution in [3.63, 3.8) is 0 Å². The Morgan fingerprint density at radius 3 is 2.65 bits per heavy atom. The van der Waals surface area contributed by atoms with E-state index < -0.39 is 0 Å². The predicted molar refractivity (Wildman–Crippen MR) is 94.8 cm³/mol. The molecule has 0 saturated carbocycles. The minimum absolute atomic E-state index is 0.101. The Bertz CT molecular complexity index is 616. The van der Waals surface area contributed by atoms with E-state index in [1.807, 2.05) is 28.5 Å². The van der Waals surface area contributed by atoms with Crippen LogP contribution in [0.2, 0.25) is 0 Å². The van der Waals surface area contributed by atoms with Crippen molar-refractivity contribution in [1.29, 1.82) is 0 Å². The van der Waals surface area contributed by atoms with Crippen LogP contribution in [0.4, 0.5) is 0 Å². The minimum Gasteiger partial charge on any atom is -0.336 e. The van der Waals surface area contributed by atoms with Crippen molar-refractivity contribution >= 4 is 17.2 Å². The number of carbonyl (C=O) groups is 1. The number of piperazine rings is 1. The van der Waals surface area contributed by atoms with Crippen LogP contribution in [0, 0.1) is 0 Å². The van der Waals surface area contributed by atoms with Crippen LogP contribution in [0.3, 0.4) is 0 Å². The van der Waals surface area contributed by atoms with E-state index in [1.165, 1.54) is 12.8 Å². The van der Waals surface area contributed by atoms with Gasteiger partial charge in [0, 0.05) is 43.3 Å². The number of thiophene rings is 1. The van der Waals surface area contributed by atoms with Gasteiger partial charge in [0.2, 0.25) is 0 Å². The fourth-order valence-corrected chi connectivity index (χ4v) is 3.49. The first kappa shape index (κ1) is 16.1. The molecule has 3 heterocycles. The summed E-state index contributed by atoms with van der Waals surface area (Å²) in [5.74, 6) is 0.101. The van der Waals surface area contributed by atoms with Gasteiger partial charge in [0.15, 0.2) is 0 Å². The fraction of sp³-hybridized carbons (Fsp3) is 0.444. The Hall–Kier alpha value is -1.72. The number of nitrogens with zero attached hydrogens (tertiary/aromatic N) is 3. The van der Waals surface area contributed by atoms with E-state index in [4.69, 9.17) is 0 Å². The Morgan fingerprint density at radius 1 is 1.22 bits per heavy atom. The third-order valence-electron chi connectivity index (χ3n) is 4.31. The second-order valence-corrected chi connectivity index (χ2v) is 6.71. The third kappa shape index (κ3) is 3.98. The number of aromatic nitrogens is 1. The van der Waals surface area contributed by atoms with Crippen molar-refractivity contribution in [2.75, 3.05) is 32.7 Å². The topological polar surface area (TPSA) is 36.4 Å². The van der Waals surface area contributed by atoms with E-state index in [9.17, 15) is 4.79 Å². The summed E-state index contributed by atoms with van der Waals surface area (Å²) in [5, 5.41) is 4.10. The summed E-state index contributed by atoms with van der Waals surface area (Å²) >= 11 is 1.65. The van der Waals surface area contributed by atoms with Gasteiger partial charge < -0.3 is 4.90 Å². The van der Waals surface area contributed by atoms with Gasteiger partial charge in [-0.2, -0.15) is 11.3 Å². The lowest BCUT2D eigenvalue weighted by atomic mass is 10.1. The highest BCUT2D eigenvalue weighted by molar-refractivity contribution is 7.08.